The zero-order valence-corrected chi connectivity index (χ0v) is 9.88. The first-order chi connectivity index (χ1) is 6.22. The van der Waals surface area contributed by atoms with E-state index in [0.29, 0.717) is 11.0 Å². The van der Waals surface area contributed by atoms with E-state index in [1.807, 2.05) is 6.07 Å². The van der Waals surface area contributed by atoms with Gasteiger partial charge in [0.05, 0.1) is 5.88 Å². The average Bonchev–Trinajstić information content (AvgIpc) is 2.48. The zero-order chi connectivity index (χ0) is 9.42. The minimum Gasteiger partial charge on any atom is -0.212 e. The topological polar surface area (TPSA) is 43.1 Å². The van der Waals surface area contributed by atoms with Crippen molar-refractivity contribution in [3.05, 3.63) is 20.7 Å². The maximum absolute atomic E-state index is 5.82. The van der Waals surface area contributed by atoms with Crippen molar-refractivity contribution >= 4 is 51.3 Å². The molecule has 7 heteroatoms. The molecule has 13 heavy (non-hydrogen) atoms. The van der Waals surface area contributed by atoms with Crippen LogP contribution in [0, 0.1) is 3.70 Å². The molecule has 0 aliphatic rings. The summed E-state index contributed by atoms with van der Waals surface area (Å²) in [7, 11) is 0. The number of halogens is 3. The molecule has 0 saturated carbocycles. The van der Waals surface area contributed by atoms with Gasteiger partial charge in [-0.05, 0) is 22.6 Å². The number of nitrogens with zero attached hydrogens (tertiary/aromatic N) is 4. The number of hydrogen-bond donors (Lipinski definition) is 0. The molecule has 0 fully saturated rings. The average molecular weight is 329 g/mol. The summed E-state index contributed by atoms with van der Waals surface area (Å²) in [5, 5.41) is 12.1. The molecule has 0 spiro atoms. The zero-order valence-electron chi connectivity index (χ0n) is 6.21. The fourth-order valence-corrected chi connectivity index (χ4v) is 1.82. The van der Waals surface area contributed by atoms with Crippen molar-refractivity contribution in [2.24, 2.45) is 0 Å². The normalized spacial score (nSPS) is 11.0. The molecular weight excluding hydrogens is 326 g/mol. The minimum atomic E-state index is 0.262. The Kier molecular flexibility index (Phi) is 2.57. The summed E-state index contributed by atoms with van der Waals surface area (Å²) in [6, 6.07) is 1.83. The third-order valence-corrected chi connectivity index (χ3v) is 2.54. The van der Waals surface area contributed by atoms with E-state index in [0.717, 1.165) is 9.22 Å². The molecule has 0 aromatic carbocycles. The number of alkyl halides is 1. The Morgan fingerprint density at radius 1 is 1.46 bits per heavy atom. The van der Waals surface area contributed by atoms with Crippen LogP contribution in [0.1, 0.15) is 5.82 Å². The molecule has 2 rings (SSSR count). The van der Waals surface area contributed by atoms with E-state index in [1.54, 1.807) is 4.52 Å². The van der Waals surface area contributed by atoms with Crippen LogP contribution in [0.25, 0.3) is 5.52 Å². The monoisotopic (exact) mass is 328 g/mol. The summed E-state index contributed by atoms with van der Waals surface area (Å²) in [4.78, 5) is 0. The standard InChI is InChI=1S/C6H3Cl2IN4/c7-2-5-10-11-6(8)3-1-4(9)12-13(3)5/h1H,2H2. The van der Waals surface area contributed by atoms with E-state index in [1.165, 1.54) is 0 Å². The molecule has 2 aromatic rings. The van der Waals surface area contributed by atoms with Gasteiger partial charge in [-0.15, -0.1) is 21.8 Å². The summed E-state index contributed by atoms with van der Waals surface area (Å²) in [6.45, 7) is 0. The second kappa shape index (κ2) is 3.55. The minimum absolute atomic E-state index is 0.262. The maximum atomic E-state index is 5.82. The first-order valence-electron chi connectivity index (χ1n) is 3.34. The lowest BCUT2D eigenvalue weighted by Crippen LogP contribution is -2.02. The van der Waals surface area contributed by atoms with Crippen LogP contribution in [-0.4, -0.2) is 19.8 Å². The predicted octanol–water partition coefficient (Wildman–Crippen LogP) is 2.12. The Labute approximate surface area is 97.4 Å². The molecule has 0 aliphatic heterocycles. The smallest absolute Gasteiger partial charge is 0.177 e. The van der Waals surface area contributed by atoms with Crippen LogP contribution >= 0.6 is 45.8 Å². The maximum Gasteiger partial charge on any atom is 0.177 e. The van der Waals surface area contributed by atoms with E-state index < -0.39 is 0 Å². The third-order valence-electron chi connectivity index (χ3n) is 1.51. The van der Waals surface area contributed by atoms with E-state index in [2.05, 4.69) is 37.9 Å². The quantitative estimate of drug-likeness (QED) is 0.595. The third kappa shape index (κ3) is 1.60. The van der Waals surface area contributed by atoms with E-state index in [4.69, 9.17) is 23.2 Å². The molecule has 0 saturated heterocycles. The van der Waals surface area contributed by atoms with Crippen molar-refractivity contribution < 1.29 is 0 Å². The first-order valence-corrected chi connectivity index (χ1v) is 5.34. The fourth-order valence-electron chi connectivity index (χ4n) is 0.974. The van der Waals surface area contributed by atoms with Gasteiger partial charge in [0.1, 0.15) is 9.22 Å². The summed E-state index contributed by atoms with van der Waals surface area (Å²) in [5.41, 5.74) is 0.733. The largest absolute Gasteiger partial charge is 0.212 e. The molecule has 0 amide bonds. The molecule has 0 unspecified atom stereocenters. The lowest BCUT2D eigenvalue weighted by Gasteiger charge is -1.98. The molecule has 0 atom stereocenters. The van der Waals surface area contributed by atoms with Crippen LogP contribution in [0.3, 0.4) is 0 Å². The van der Waals surface area contributed by atoms with Crippen LogP contribution < -0.4 is 0 Å². The Hall–Kier alpha value is -0.140. The van der Waals surface area contributed by atoms with Gasteiger partial charge in [0.25, 0.3) is 0 Å². The van der Waals surface area contributed by atoms with Crippen LogP contribution in [0.15, 0.2) is 6.07 Å². The van der Waals surface area contributed by atoms with Crippen LogP contribution in [0.4, 0.5) is 0 Å². The molecule has 0 bridgehead atoms. The van der Waals surface area contributed by atoms with Gasteiger partial charge in [0.2, 0.25) is 0 Å². The van der Waals surface area contributed by atoms with E-state index in [9.17, 15) is 0 Å². The van der Waals surface area contributed by atoms with E-state index >= 15 is 0 Å². The van der Waals surface area contributed by atoms with Crippen molar-refractivity contribution in [3.63, 3.8) is 0 Å². The molecule has 0 N–H and O–H groups in total. The molecule has 2 heterocycles. The van der Waals surface area contributed by atoms with E-state index in [-0.39, 0.29) is 5.88 Å². The Morgan fingerprint density at radius 3 is 2.92 bits per heavy atom. The number of rotatable bonds is 1. The lowest BCUT2D eigenvalue weighted by atomic mass is 10.5. The summed E-state index contributed by atoms with van der Waals surface area (Å²) in [6.07, 6.45) is 0. The highest BCUT2D eigenvalue weighted by Crippen LogP contribution is 2.17. The molecule has 0 radical (unpaired) electrons. The van der Waals surface area contributed by atoms with Gasteiger partial charge in [-0.2, -0.15) is 5.10 Å². The van der Waals surface area contributed by atoms with Crippen LogP contribution in [0.2, 0.25) is 5.15 Å². The van der Waals surface area contributed by atoms with Crippen molar-refractivity contribution in [1.29, 1.82) is 0 Å². The Balaban J connectivity index is 2.83. The lowest BCUT2D eigenvalue weighted by molar-refractivity contribution is 0.793. The highest BCUT2D eigenvalue weighted by molar-refractivity contribution is 14.1. The van der Waals surface area contributed by atoms with Crippen LogP contribution in [0.5, 0.6) is 0 Å². The van der Waals surface area contributed by atoms with Crippen LogP contribution in [-0.2, 0) is 5.88 Å². The van der Waals surface area contributed by atoms with Crippen molar-refractivity contribution in [2.75, 3.05) is 0 Å². The van der Waals surface area contributed by atoms with Gasteiger partial charge < -0.3 is 0 Å². The van der Waals surface area contributed by atoms with Crippen molar-refractivity contribution in [3.8, 4) is 0 Å². The van der Waals surface area contributed by atoms with Gasteiger partial charge in [0, 0.05) is 6.07 Å². The molecule has 0 aliphatic carbocycles. The molecule has 4 nitrogen and oxygen atoms in total. The highest BCUT2D eigenvalue weighted by Gasteiger charge is 2.09. The first kappa shape index (κ1) is 9.42. The van der Waals surface area contributed by atoms with Crippen molar-refractivity contribution in [2.45, 2.75) is 5.88 Å². The van der Waals surface area contributed by atoms with Gasteiger partial charge in [-0.3, -0.25) is 0 Å². The molecule has 2 aromatic heterocycles. The Bertz CT molecular complexity index is 455. The molecular formula is C6H3Cl2IN4. The Morgan fingerprint density at radius 2 is 2.23 bits per heavy atom. The fraction of sp³-hybridized carbons (Fsp3) is 0.167. The number of fused-ring (bicyclic) bond motifs is 1. The number of hydrogen-bond acceptors (Lipinski definition) is 3. The highest BCUT2D eigenvalue weighted by atomic mass is 127. The van der Waals surface area contributed by atoms with Crippen molar-refractivity contribution in [1.82, 2.24) is 19.8 Å². The predicted molar refractivity (Wildman–Crippen MR) is 58.1 cm³/mol. The second-order valence-corrected chi connectivity index (χ2v) is 4.04. The van der Waals surface area contributed by atoms with Gasteiger partial charge in [-0.1, -0.05) is 11.6 Å². The summed E-state index contributed by atoms with van der Waals surface area (Å²) >= 11 is 13.6. The summed E-state index contributed by atoms with van der Waals surface area (Å²) in [5.74, 6) is 0.849. The van der Waals surface area contributed by atoms with Gasteiger partial charge >= 0.3 is 0 Å². The van der Waals surface area contributed by atoms with Gasteiger partial charge in [0.15, 0.2) is 11.0 Å². The second-order valence-electron chi connectivity index (χ2n) is 2.30. The molecule has 68 valence electrons. The number of aromatic nitrogens is 4. The van der Waals surface area contributed by atoms with Gasteiger partial charge in [-0.25, -0.2) is 4.52 Å². The summed E-state index contributed by atoms with van der Waals surface area (Å²) < 4.78 is 2.44. The SMILES string of the molecule is ClCc1nnc(Cl)c2cc(I)nn12.